The summed E-state index contributed by atoms with van der Waals surface area (Å²) >= 11 is 0. The van der Waals surface area contributed by atoms with E-state index in [1.54, 1.807) is 17.2 Å². The predicted molar refractivity (Wildman–Crippen MR) is 85.6 cm³/mol. The van der Waals surface area contributed by atoms with Crippen LogP contribution < -0.4 is 10.4 Å². The van der Waals surface area contributed by atoms with Crippen molar-refractivity contribution in [2.24, 2.45) is 0 Å². The van der Waals surface area contributed by atoms with Crippen molar-refractivity contribution in [3.63, 3.8) is 0 Å². The molecule has 0 unspecified atom stereocenters. The lowest BCUT2D eigenvalue weighted by molar-refractivity contribution is 0.00578. The average molecular weight is 306 g/mol. The zero-order chi connectivity index (χ0) is 16.7. The summed E-state index contributed by atoms with van der Waals surface area (Å²) in [5.74, 6) is 0.113. The van der Waals surface area contributed by atoms with E-state index in [1.165, 1.54) is 7.11 Å². The second-order valence-corrected chi connectivity index (χ2v) is 6.61. The van der Waals surface area contributed by atoms with Crippen LogP contribution in [0.2, 0.25) is 0 Å². The minimum Gasteiger partial charge on any atom is -0.465 e. The third-order valence-electron chi connectivity index (χ3n) is 4.24. The Morgan fingerprint density at radius 1 is 1.23 bits per heavy atom. The van der Waals surface area contributed by atoms with Gasteiger partial charge in [-0.1, -0.05) is 0 Å². The highest BCUT2D eigenvalue weighted by molar-refractivity contribution is 6.62. The van der Waals surface area contributed by atoms with Crippen LogP contribution in [0, 0.1) is 0 Å². The first kappa shape index (κ1) is 16.8. The van der Waals surface area contributed by atoms with Crippen molar-refractivity contribution in [3.05, 3.63) is 17.8 Å². The Labute approximate surface area is 131 Å². The number of carbonyl (C=O) groups is 1. The van der Waals surface area contributed by atoms with E-state index < -0.39 is 24.3 Å². The molecule has 6 nitrogen and oxygen atoms in total. The van der Waals surface area contributed by atoms with Crippen LogP contribution in [-0.2, 0) is 14.0 Å². The van der Waals surface area contributed by atoms with Gasteiger partial charge in [-0.25, -0.2) is 9.78 Å². The monoisotopic (exact) mass is 306 g/mol. The number of esters is 1. The molecule has 0 aromatic carbocycles. The average Bonchev–Trinajstić information content (AvgIpc) is 2.65. The summed E-state index contributed by atoms with van der Waals surface area (Å²) in [4.78, 5) is 18.1. The normalized spacial score (nSPS) is 19.1. The molecule has 1 aliphatic rings. The number of methoxy groups -OCH3 is 1. The van der Waals surface area contributed by atoms with Gasteiger partial charge in [0.25, 0.3) is 0 Å². The summed E-state index contributed by atoms with van der Waals surface area (Å²) in [6, 6.07) is 1.72. The minimum absolute atomic E-state index is 0.389. The third kappa shape index (κ3) is 2.83. The fourth-order valence-electron chi connectivity index (χ4n) is 2.20. The molecule has 120 valence electrons. The molecular weight excluding hydrogens is 283 g/mol. The van der Waals surface area contributed by atoms with Gasteiger partial charge in [0, 0.05) is 25.8 Å². The number of nitrogens with zero attached hydrogens (tertiary/aromatic N) is 2. The molecule has 1 aromatic heterocycles. The summed E-state index contributed by atoms with van der Waals surface area (Å²) in [6.45, 7) is 7.93. The molecule has 7 heteroatoms. The Kier molecular flexibility index (Phi) is 4.23. The van der Waals surface area contributed by atoms with Gasteiger partial charge < -0.3 is 18.9 Å². The van der Waals surface area contributed by atoms with Gasteiger partial charge in [-0.2, -0.15) is 0 Å². The Hall–Kier alpha value is -1.60. The zero-order valence-corrected chi connectivity index (χ0v) is 14.3. The third-order valence-corrected chi connectivity index (χ3v) is 4.24. The SMILES string of the molecule is COC(=O)c1cc(B2OC(C)(C)C(C)(C)O2)cnc1N(C)C. The maximum atomic E-state index is 12.0. The number of rotatable bonds is 3. The van der Waals surface area contributed by atoms with E-state index in [0.29, 0.717) is 16.8 Å². The molecule has 1 aliphatic heterocycles. The number of ether oxygens (including phenoxy) is 1. The van der Waals surface area contributed by atoms with Crippen LogP contribution in [-0.4, -0.2) is 50.5 Å². The highest BCUT2D eigenvalue weighted by Gasteiger charge is 2.52. The van der Waals surface area contributed by atoms with Crippen molar-refractivity contribution < 1.29 is 18.8 Å². The largest absolute Gasteiger partial charge is 0.496 e. The molecule has 2 heterocycles. The molecule has 0 atom stereocenters. The highest BCUT2D eigenvalue weighted by Crippen LogP contribution is 2.36. The molecule has 1 fully saturated rings. The molecule has 0 amide bonds. The van der Waals surface area contributed by atoms with Gasteiger partial charge in [-0.3, -0.25) is 0 Å². The van der Waals surface area contributed by atoms with Gasteiger partial charge in [-0.15, -0.1) is 0 Å². The molecular formula is C15H23BN2O4. The van der Waals surface area contributed by atoms with E-state index in [4.69, 9.17) is 14.0 Å². The number of aromatic nitrogens is 1. The molecule has 0 spiro atoms. The van der Waals surface area contributed by atoms with Gasteiger partial charge >= 0.3 is 13.1 Å². The van der Waals surface area contributed by atoms with Crippen LogP contribution in [0.3, 0.4) is 0 Å². The number of hydrogen-bond donors (Lipinski definition) is 0. The second-order valence-electron chi connectivity index (χ2n) is 6.61. The fraction of sp³-hybridized carbons (Fsp3) is 0.600. The minimum atomic E-state index is -0.558. The number of anilines is 1. The van der Waals surface area contributed by atoms with Gasteiger partial charge in [0.15, 0.2) is 0 Å². The van der Waals surface area contributed by atoms with Crippen LogP contribution >= 0.6 is 0 Å². The first-order valence-electron chi connectivity index (χ1n) is 7.20. The van der Waals surface area contributed by atoms with Crippen molar-refractivity contribution in [2.45, 2.75) is 38.9 Å². The van der Waals surface area contributed by atoms with Gasteiger partial charge in [-0.05, 0) is 33.8 Å². The van der Waals surface area contributed by atoms with Crippen molar-refractivity contribution in [1.82, 2.24) is 4.98 Å². The fourth-order valence-corrected chi connectivity index (χ4v) is 2.20. The Balaban J connectivity index is 2.40. The van der Waals surface area contributed by atoms with Gasteiger partial charge in [0.05, 0.1) is 18.3 Å². The van der Waals surface area contributed by atoms with Gasteiger partial charge in [0.1, 0.15) is 11.4 Å². The summed E-state index contributed by atoms with van der Waals surface area (Å²) in [6.07, 6.45) is 1.67. The molecule has 0 bridgehead atoms. The molecule has 2 rings (SSSR count). The summed E-state index contributed by atoms with van der Waals surface area (Å²) in [7, 11) is 4.44. The second kappa shape index (κ2) is 5.55. The molecule has 0 N–H and O–H groups in total. The molecule has 0 aliphatic carbocycles. The maximum Gasteiger partial charge on any atom is 0.496 e. The van der Waals surface area contributed by atoms with E-state index in [9.17, 15) is 4.79 Å². The lowest BCUT2D eigenvalue weighted by atomic mass is 9.79. The standard InChI is InChI=1S/C15H23BN2O4/c1-14(2)15(3,4)22-16(21-14)10-8-11(13(19)20-7)12(17-9-10)18(5)6/h8-9H,1-7H3. The molecule has 1 aromatic rings. The van der Waals surface area contributed by atoms with E-state index >= 15 is 0 Å². The van der Waals surface area contributed by atoms with Gasteiger partial charge in [0.2, 0.25) is 0 Å². The lowest BCUT2D eigenvalue weighted by Gasteiger charge is -2.32. The number of pyridine rings is 1. The molecule has 0 saturated carbocycles. The van der Waals surface area contributed by atoms with Crippen molar-refractivity contribution in [2.75, 3.05) is 26.1 Å². The zero-order valence-electron chi connectivity index (χ0n) is 14.3. The van der Waals surface area contributed by atoms with E-state index in [-0.39, 0.29) is 0 Å². The molecule has 0 radical (unpaired) electrons. The summed E-state index contributed by atoms with van der Waals surface area (Å²) < 4.78 is 16.8. The van der Waals surface area contributed by atoms with E-state index in [1.807, 2.05) is 41.8 Å². The smallest absolute Gasteiger partial charge is 0.465 e. The van der Waals surface area contributed by atoms with Crippen molar-refractivity contribution in [3.8, 4) is 0 Å². The quantitative estimate of drug-likeness (QED) is 0.618. The van der Waals surface area contributed by atoms with Crippen LogP contribution in [0.4, 0.5) is 5.82 Å². The predicted octanol–water partition coefficient (Wildman–Crippen LogP) is 1.23. The lowest BCUT2D eigenvalue weighted by Crippen LogP contribution is -2.41. The summed E-state index contributed by atoms with van der Waals surface area (Å²) in [5.41, 5.74) is 0.205. The molecule has 1 saturated heterocycles. The number of carbonyl (C=O) groups excluding carboxylic acids is 1. The Bertz CT molecular complexity index is 571. The Morgan fingerprint density at radius 3 is 2.23 bits per heavy atom. The summed E-state index contributed by atoms with van der Waals surface area (Å²) in [5, 5.41) is 0. The maximum absolute atomic E-state index is 12.0. The number of hydrogen-bond acceptors (Lipinski definition) is 6. The van der Waals surface area contributed by atoms with Crippen LogP contribution in [0.1, 0.15) is 38.1 Å². The topological polar surface area (TPSA) is 60.9 Å². The first-order valence-corrected chi connectivity index (χ1v) is 7.20. The van der Waals surface area contributed by atoms with Crippen molar-refractivity contribution in [1.29, 1.82) is 0 Å². The Morgan fingerprint density at radius 2 is 1.77 bits per heavy atom. The van der Waals surface area contributed by atoms with E-state index in [2.05, 4.69) is 4.98 Å². The first-order chi connectivity index (χ1) is 10.1. The molecule has 22 heavy (non-hydrogen) atoms. The van der Waals surface area contributed by atoms with E-state index in [0.717, 1.165) is 0 Å². The van der Waals surface area contributed by atoms with Crippen LogP contribution in [0.5, 0.6) is 0 Å². The van der Waals surface area contributed by atoms with Crippen molar-refractivity contribution >= 4 is 24.4 Å². The van der Waals surface area contributed by atoms with Crippen LogP contribution in [0.25, 0.3) is 0 Å². The highest BCUT2D eigenvalue weighted by atomic mass is 16.7. The van der Waals surface area contributed by atoms with Crippen LogP contribution in [0.15, 0.2) is 12.3 Å².